The molecule has 1 aromatic heterocycles. The second-order valence-electron chi connectivity index (χ2n) is 3.12. The Morgan fingerprint density at radius 2 is 1.78 bits per heavy atom. The fourth-order valence-corrected chi connectivity index (χ4v) is 2.47. The van der Waals surface area contributed by atoms with Gasteiger partial charge in [-0.25, -0.2) is 0 Å². The van der Waals surface area contributed by atoms with E-state index in [0.717, 1.165) is 4.70 Å². The van der Waals surface area contributed by atoms with Crippen molar-refractivity contribution in [2.75, 3.05) is 0 Å². The number of carbonyl (C=O) groups is 1. The first-order chi connectivity index (χ1) is 7.79. The molecule has 1 aliphatic rings. The first kappa shape index (κ1) is 15.5. The molecule has 10 heteroatoms. The van der Waals surface area contributed by atoms with E-state index in [9.17, 15) is 9.59 Å². The minimum atomic E-state index is -4.67. The molecule has 7 nitrogen and oxygen atoms in total. The minimum Gasteiger partial charge on any atom is -1.00 e. The van der Waals surface area contributed by atoms with E-state index >= 15 is 0 Å². The van der Waals surface area contributed by atoms with Gasteiger partial charge in [-0.3, -0.25) is 18.7 Å². The van der Waals surface area contributed by atoms with Gasteiger partial charge in [-0.05, 0) is 23.7 Å². The molecule has 0 unspecified atom stereocenters. The van der Waals surface area contributed by atoms with Crippen LogP contribution in [-0.2, 0) is 10.4 Å². The summed E-state index contributed by atoms with van der Waals surface area (Å²) in [7, 11) is -4.67. The molecule has 3 rings (SSSR count). The normalized spacial score (nSPS) is 12.2. The molecule has 2 heterocycles. The maximum atomic E-state index is 11.3. The van der Waals surface area contributed by atoms with E-state index in [1.54, 1.807) is 12.1 Å². The molecule has 18 heavy (non-hydrogen) atoms. The maximum absolute atomic E-state index is 11.3. The van der Waals surface area contributed by atoms with Crippen LogP contribution in [0.3, 0.4) is 0 Å². The van der Waals surface area contributed by atoms with Gasteiger partial charge in [0.25, 0.3) is 11.5 Å². The fourth-order valence-electron chi connectivity index (χ4n) is 1.49. The minimum absolute atomic E-state index is 0. The molecule has 0 fully saturated rings. The molecule has 2 N–H and O–H groups in total. The van der Waals surface area contributed by atoms with Crippen LogP contribution >= 0.6 is 11.5 Å². The van der Waals surface area contributed by atoms with Gasteiger partial charge in [0.15, 0.2) is 0 Å². The van der Waals surface area contributed by atoms with E-state index in [-0.39, 0.29) is 42.5 Å². The van der Waals surface area contributed by atoms with Crippen LogP contribution in [0, 0.1) is 0 Å². The Hall–Kier alpha value is -0.550. The van der Waals surface area contributed by atoms with Gasteiger partial charge in [-0.2, -0.15) is 12.4 Å². The third kappa shape index (κ3) is 2.88. The number of hydrogen-bond donors (Lipinski definition) is 2. The van der Waals surface area contributed by atoms with Crippen molar-refractivity contribution in [2.45, 2.75) is 0 Å². The summed E-state index contributed by atoms with van der Waals surface area (Å²) in [5, 5.41) is 0.590. The maximum Gasteiger partial charge on any atom is 1.00 e. The molecule has 0 aliphatic carbocycles. The van der Waals surface area contributed by atoms with Crippen molar-refractivity contribution in [2.24, 2.45) is 0 Å². The largest absolute Gasteiger partial charge is 1.00 e. The third-order valence-corrected chi connectivity index (χ3v) is 3.08. The monoisotopic (exact) mass is 299 g/mol. The number of nitrogens with zero attached hydrogens (tertiary/aromatic N) is 1. The molecule has 92 valence electrons. The Bertz CT molecular complexity index is 772. The molecule has 0 spiro atoms. The summed E-state index contributed by atoms with van der Waals surface area (Å²) in [6, 6.07) is 5.35. The first-order valence-corrected chi connectivity index (χ1v) is 6.36. The zero-order chi connectivity index (χ0) is 12.8. The van der Waals surface area contributed by atoms with Crippen molar-refractivity contribution in [3.05, 3.63) is 34.1 Å². The van der Waals surface area contributed by atoms with Crippen LogP contribution in [-0.4, -0.2) is 27.4 Å². The quantitative estimate of drug-likeness (QED) is 0.351. The van der Waals surface area contributed by atoms with Crippen LogP contribution in [0.15, 0.2) is 23.0 Å². The molecule has 1 aliphatic heterocycles. The summed E-state index contributed by atoms with van der Waals surface area (Å²) in [6.07, 6.45) is 0. The van der Waals surface area contributed by atoms with Crippen molar-refractivity contribution >= 4 is 37.9 Å². The number of carbonyl (C=O) groups excluding carboxylic acids is 1. The van der Waals surface area contributed by atoms with E-state index in [1.807, 2.05) is 6.07 Å². The molecule has 1 aromatic carbocycles. The van der Waals surface area contributed by atoms with Crippen LogP contribution < -0.4 is 35.1 Å². The van der Waals surface area contributed by atoms with Gasteiger partial charge in [-0.1, -0.05) is 6.07 Å². The van der Waals surface area contributed by atoms with Gasteiger partial charge >= 0.3 is 40.0 Å². The van der Waals surface area contributed by atoms with Crippen molar-refractivity contribution in [3.63, 3.8) is 0 Å². The molecule has 2 aromatic rings. The van der Waals surface area contributed by atoms with E-state index in [4.69, 9.17) is 17.5 Å². The van der Waals surface area contributed by atoms with Gasteiger partial charge in [0.2, 0.25) is 0 Å². The first-order valence-electron chi connectivity index (χ1n) is 4.18. The Kier molecular flexibility index (Phi) is 4.49. The Morgan fingerprint density at radius 1 is 1.22 bits per heavy atom. The zero-order valence-corrected chi connectivity index (χ0v) is 12.7. The second-order valence-corrected chi connectivity index (χ2v) is 5.01. The van der Waals surface area contributed by atoms with Crippen molar-refractivity contribution in [1.29, 1.82) is 0 Å². The standard InChI is InChI=1S/C8H3NO2S.Na.H2O4S.H/c10-7-4-2-1-3-5-6(4)8(11)9(7)12-5;;1-5(2,3)4;/h1-3H;;(H2,1,2,3,4);/q;+1;;-1. The van der Waals surface area contributed by atoms with Crippen molar-refractivity contribution in [3.8, 4) is 0 Å². The van der Waals surface area contributed by atoms with E-state index < -0.39 is 10.4 Å². The average Bonchev–Trinajstić information content (AvgIpc) is 2.62. The molecular formula is C8H6NNaO6S2. The third-order valence-electron chi connectivity index (χ3n) is 2.03. The van der Waals surface area contributed by atoms with Gasteiger partial charge in [0.1, 0.15) is 0 Å². The SMILES string of the molecule is O=C1c2cccc3sn1c(=O)c23.O=S(=O)(O)O.[H-].[Na+]. The summed E-state index contributed by atoms with van der Waals surface area (Å²) < 4.78 is 33.7. The van der Waals surface area contributed by atoms with Gasteiger partial charge in [-0.15, -0.1) is 0 Å². The smallest absolute Gasteiger partial charge is 1.00 e. The zero-order valence-electron chi connectivity index (χ0n) is 10.0. The fraction of sp³-hybridized carbons (Fsp3) is 0. The van der Waals surface area contributed by atoms with E-state index in [1.165, 1.54) is 15.5 Å². The predicted molar refractivity (Wildman–Crippen MR) is 61.1 cm³/mol. The Morgan fingerprint density at radius 3 is 2.22 bits per heavy atom. The molecule has 0 saturated carbocycles. The van der Waals surface area contributed by atoms with Crippen LogP contribution in [0.25, 0.3) is 10.1 Å². The van der Waals surface area contributed by atoms with Crippen molar-refractivity contribution in [1.82, 2.24) is 3.96 Å². The van der Waals surface area contributed by atoms with Gasteiger partial charge in [0.05, 0.1) is 15.6 Å². The van der Waals surface area contributed by atoms with Crippen LogP contribution in [0.2, 0.25) is 0 Å². The molecule has 0 atom stereocenters. The number of aromatic nitrogens is 1. The molecule has 0 amide bonds. The van der Waals surface area contributed by atoms with Crippen LogP contribution in [0.1, 0.15) is 11.8 Å². The molecule has 0 saturated heterocycles. The van der Waals surface area contributed by atoms with E-state index in [0.29, 0.717) is 10.9 Å². The van der Waals surface area contributed by atoms with Crippen molar-refractivity contribution < 1.29 is 53.3 Å². The topological polar surface area (TPSA) is 114 Å². The van der Waals surface area contributed by atoms with Crippen LogP contribution in [0.4, 0.5) is 0 Å². The summed E-state index contributed by atoms with van der Waals surface area (Å²) in [6.45, 7) is 0. The Labute approximate surface area is 129 Å². The number of rotatable bonds is 0. The summed E-state index contributed by atoms with van der Waals surface area (Å²) >= 11 is 1.22. The summed E-state index contributed by atoms with van der Waals surface area (Å²) in [5.74, 6) is -0.173. The number of fused-ring (bicyclic) bond motifs is 1. The number of benzene rings is 1. The molecule has 0 radical (unpaired) electrons. The second kappa shape index (κ2) is 5.21. The Balaban J connectivity index is 0.000000411. The predicted octanol–water partition coefficient (Wildman–Crippen LogP) is -2.47. The van der Waals surface area contributed by atoms with E-state index in [2.05, 4.69) is 0 Å². The summed E-state index contributed by atoms with van der Waals surface area (Å²) in [4.78, 5) is 22.7. The molecule has 2 bridgehead atoms. The number of hydrogen-bond acceptors (Lipinski definition) is 5. The summed E-state index contributed by atoms with van der Waals surface area (Å²) in [5.41, 5.74) is 0.395. The van der Waals surface area contributed by atoms with Gasteiger partial charge in [0, 0.05) is 0 Å². The molecular weight excluding hydrogens is 293 g/mol. The van der Waals surface area contributed by atoms with Crippen LogP contribution in [0.5, 0.6) is 0 Å². The average molecular weight is 299 g/mol. The van der Waals surface area contributed by atoms with Gasteiger partial charge < -0.3 is 1.43 Å².